The van der Waals surface area contributed by atoms with Crippen molar-refractivity contribution >= 4 is 44.6 Å². The number of aryl methyl sites for hydroxylation is 1. The molecule has 1 aromatic heterocycles. The standard InChI is InChI=1S/C11H10BrClN2S/c1-7-6-16-10(15-7)5-14-9-4-2-3-8(13)11(9)12/h2-4,6,14H,5H2,1H3. The van der Waals surface area contributed by atoms with E-state index in [1.54, 1.807) is 11.3 Å². The van der Waals surface area contributed by atoms with E-state index in [9.17, 15) is 0 Å². The van der Waals surface area contributed by atoms with Crippen molar-refractivity contribution in [1.29, 1.82) is 0 Å². The number of halogens is 2. The summed E-state index contributed by atoms with van der Waals surface area (Å²) in [6.45, 7) is 2.72. The highest BCUT2D eigenvalue weighted by molar-refractivity contribution is 9.10. The second-order valence-electron chi connectivity index (χ2n) is 3.34. The largest absolute Gasteiger partial charge is 0.378 e. The minimum atomic E-state index is 0.709. The van der Waals surface area contributed by atoms with E-state index >= 15 is 0 Å². The molecule has 0 aliphatic rings. The van der Waals surface area contributed by atoms with Crippen LogP contribution in [-0.2, 0) is 6.54 Å². The van der Waals surface area contributed by atoms with Crippen LogP contribution in [0.1, 0.15) is 10.7 Å². The van der Waals surface area contributed by atoms with E-state index in [2.05, 4.69) is 26.2 Å². The lowest BCUT2D eigenvalue weighted by Crippen LogP contribution is -1.99. The molecule has 5 heteroatoms. The van der Waals surface area contributed by atoms with Crippen molar-refractivity contribution in [3.8, 4) is 0 Å². The molecule has 84 valence electrons. The molecule has 0 aliphatic carbocycles. The lowest BCUT2D eigenvalue weighted by molar-refractivity contribution is 1.07. The van der Waals surface area contributed by atoms with Gasteiger partial charge in [-0.05, 0) is 35.0 Å². The van der Waals surface area contributed by atoms with Crippen LogP contribution in [0.15, 0.2) is 28.1 Å². The fourth-order valence-electron chi connectivity index (χ4n) is 1.30. The molecule has 1 aromatic carbocycles. The molecular formula is C11H10BrClN2S. The molecule has 1 N–H and O–H groups in total. The van der Waals surface area contributed by atoms with E-state index in [0.717, 1.165) is 27.4 Å². The maximum absolute atomic E-state index is 6.00. The Hall–Kier alpha value is -0.580. The maximum Gasteiger partial charge on any atom is 0.112 e. The third-order valence-electron chi connectivity index (χ3n) is 2.05. The molecule has 0 bridgehead atoms. The Labute approximate surface area is 112 Å². The predicted molar refractivity (Wildman–Crippen MR) is 73.3 cm³/mol. The van der Waals surface area contributed by atoms with Crippen LogP contribution in [-0.4, -0.2) is 4.98 Å². The molecule has 0 fully saturated rings. The van der Waals surface area contributed by atoms with Gasteiger partial charge in [0.05, 0.1) is 21.7 Å². The lowest BCUT2D eigenvalue weighted by Gasteiger charge is -2.07. The second kappa shape index (κ2) is 5.17. The zero-order valence-electron chi connectivity index (χ0n) is 8.63. The van der Waals surface area contributed by atoms with Gasteiger partial charge in [-0.25, -0.2) is 4.98 Å². The number of nitrogens with zero attached hydrogens (tertiary/aromatic N) is 1. The average molecular weight is 318 g/mol. The van der Waals surface area contributed by atoms with Gasteiger partial charge in [-0.3, -0.25) is 0 Å². The molecular weight excluding hydrogens is 308 g/mol. The first-order valence-corrected chi connectivity index (χ1v) is 6.81. The minimum Gasteiger partial charge on any atom is -0.378 e. The van der Waals surface area contributed by atoms with Crippen molar-refractivity contribution < 1.29 is 0 Å². The minimum absolute atomic E-state index is 0.709. The van der Waals surface area contributed by atoms with Gasteiger partial charge >= 0.3 is 0 Å². The fraction of sp³-hybridized carbons (Fsp3) is 0.182. The summed E-state index contributed by atoms with van der Waals surface area (Å²) in [6, 6.07) is 5.75. The molecule has 0 saturated heterocycles. The fourth-order valence-corrected chi connectivity index (χ4v) is 2.59. The van der Waals surface area contributed by atoms with Crippen LogP contribution in [0, 0.1) is 6.92 Å². The molecule has 0 radical (unpaired) electrons. The Morgan fingerprint density at radius 2 is 2.31 bits per heavy atom. The van der Waals surface area contributed by atoms with E-state index in [-0.39, 0.29) is 0 Å². The number of anilines is 1. The van der Waals surface area contributed by atoms with Crippen LogP contribution in [0.3, 0.4) is 0 Å². The monoisotopic (exact) mass is 316 g/mol. The summed E-state index contributed by atoms with van der Waals surface area (Å²) in [4.78, 5) is 4.39. The van der Waals surface area contributed by atoms with Crippen molar-refractivity contribution in [2.75, 3.05) is 5.32 Å². The van der Waals surface area contributed by atoms with Crippen molar-refractivity contribution in [3.05, 3.63) is 43.8 Å². The molecule has 0 spiro atoms. The number of rotatable bonds is 3. The summed E-state index contributed by atoms with van der Waals surface area (Å²) >= 11 is 11.1. The highest BCUT2D eigenvalue weighted by Gasteiger charge is 2.04. The van der Waals surface area contributed by atoms with Crippen LogP contribution in [0.25, 0.3) is 0 Å². The highest BCUT2D eigenvalue weighted by atomic mass is 79.9. The normalized spacial score (nSPS) is 10.4. The third-order valence-corrected chi connectivity index (χ3v) is 4.41. The van der Waals surface area contributed by atoms with Crippen LogP contribution in [0.5, 0.6) is 0 Å². The zero-order chi connectivity index (χ0) is 11.5. The smallest absolute Gasteiger partial charge is 0.112 e. The van der Waals surface area contributed by atoms with Gasteiger partial charge in [0.15, 0.2) is 0 Å². The van der Waals surface area contributed by atoms with Crippen LogP contribution in [0.2, 0.25) is 5.02 Å². The van der Waals surface area contributed by atoms with E-state index in [1.807, 2.05) is 30.5 Å². The summed E-state index contributed by atoms with van der Waals surface area (Å²) in [5, 5.41) is 7.13. The summed E-state index contributed by atoms with van der Waals surface area (Å²) in [6.07, 6.45) is 0. The number of hydrogen-bond acceptors (Lipinski definition) is 3. The summed E-state index contributed by atoms with van der Waals surface area (Å²) in [5.74, 6) is 0. The molecule has 2 aromatic rings. The van der Waals surface area contributed by atoms with Gasteiger partial charge < -0.3 is 5.32 Å². The van der Waals surface area contributed by atoms with E-state index in [1.165, 1.54) is 0 Å². The number of hydrogen-bond donors (Lipinski definition) is 1. The van der Waals surface area contributed by atoms with Crippen molar-refractivity contribution in [1.82, 2.24) is 4.98 Å². The van der Waals surface area contributed by atoms with Crippen LogP contribution >= 0.6 is 38.9 Å². The Morgan fingerprint density at radius 3 is 3.00 bits per heavy atom. The molecule has 16 heavy (non-hydrogen) atoms. The van der Waals surface area contributed by atoms with Crippen molar-refractivity contribution in [3.63, 3.8) is 0 Å². The topological polar surface area (TPSA) is 24.9 Å². The lowest BCUT2D eigenvalue weighted by atomic mass is 10.3. The first-order chi connectivity index (χ1) is 7.66. The average Bonchev–Trinajstić information content (AvgIpc) is 2.67. The molecule has 0 amide bonds. The first kappa shape index (κ1) is 11.9. The first-order valence-electron chi connectivity index (χ1n) is 4.75. The Balaban J connectivity index is 2.07. The summed E-state index contributed by atoms with van der Waals surface area (Å²) in [5.41, 5.74) is 2.05. The third kappa shape index (κ3) is 2.75. The second-order valence-corrected chi connectivity index (χ2v) is 5.48. The number of benzene rings is 1. The summed E-state index contributed by atoms with van der Waals surface area (Å²) in [7, 11) is 0. The summed E-state index contributed by atoms with van der Waals surface area (Å²) < 4.78 is 0.893. The molecule has 0 aliphatic heterocycles. The SMILES string of the molecule is Cc1csc(CNc2cccc(Cl)c2Br)n1. The van der Waals surface area contributed by atoms with Crippen molar-refractivity contribution in [2.45, 2.75) is 13.5 Å². The molecule has 0 unspecified atom stereocenters. The highest BCUT2D eigenvalue weighted by Crippen LogP contribution is 2.30. The van der Waals surface area contributed by atoms with Gasteiger partial charge in [0.1, 0.15) is 5.01 Å². The van der Waals surface area contributed by atoms with Crippen LogP contribution in [0.4, 0.5) is 5.69 Å². The predicted octanol–water partition coefficient (Wildman–Crippen LogP) is 4.48. The van der Waals surface area contributed by atoms with Gasteiger partial charge in [0, 0.05) is 11.1 Å². The van der Waals surface area contributed by atoms with Gasteiger partial charge in [-0.1, -0.05) is 17.7 Å². The van der Waals surface area contributed by atoms with Gasteiger partial charge in [-0.2, -0.15) is 0 Å². The quantitative estimate of drug-likeness (QED) is 0.903. The Kier molecular flexibility index (Phi) is 3.84. The Bertz CT molecular complexity index is 498. The van der Waals surface area contributed by atoms with Gasteiger partial charge in [0.25, 0.3) is 0 Å². The van der Waals surface area contributed by atoms with E-state index < -0.39 is 0 Å². The van der Waals surface area contributed by atoms with E-state index in [0.29, 0.717) is 5.02 Å². The Morgan fingerprint density at radius 1 is 1.50 bits per heavy atom. The zero-order valence-corrected chi connectivity index (χ0v) is 11.8. The number of aromatic nitrogens is 1. The number of nitrogens with one attached hydrogen (secondary N) is 1. The number of thiazole rings is 1. The van der Waals surface area contributed by atoms with Gasteiger partial charge in [-0.15, -0.1) is 11.3 Å². The molecule has 0 saturated carbocycles. The van der Waals surface area contributed by atoms with Gasteiger partial charge in [0.2, 0.25) is 0 Å². The van der Waals surface area contributed by atoms with Crippen molar-refractivity contribution in [2.24, 2.45) is 0 Å². The molecule has 2 rings (SSSR count). The molecule has 2 nitrogen and oxygen atoms in total. The van der Waals surface area contributed by atoms with E-state index in [4.69, 9.17) is 11.6 Å². The van der Waals surface area contributed by atoms with Crippen LogP contribution < -0.4 is 5.32 Å². The molecule has 0 atom stereocenters. The maximum atomic E-state index is 6.00. The molecule has 1 heterocycles.